The minimum Gasteiger partial charge on any atom is -0.477 e. The zero-order valence-electron chi connectivity index (χ0n) is 15.3. The number of aromatic amines is 1. The van der Waals surface area contributed by atoms with Crippen LogP contribution in [0.2, 0.25) is 0 Å². The summed E-state index contributed by atoms with van der Waals surface area (Å²) in [5, 5.41) is 22.3. The van der Waals surface area contributed by atoms with Crippen molar-refractivity contribution in [2.24, 2.45) is 0 Å². The Morgan fingerprint density at radius 3 is 2.93 bits per heavy atom. The van der Waals surface area contributed by atoms with Crippen LogP contribution in [0.5, 0.6) is 0 Å². The summed E-state index contributed by atoms with van der Waals surface area (Å²) in [6.07, 6.45) is 3.32. The van der Waals surface area contributed by atoms with E-state index in [1.165, 1.54) is 47.3 Å². The van der Waals surface area contributed by atoms with Crippen LogP contribution in [0, 0.1) is 0 Å². The molecule has 0 bridgehead atoms. The minimum atomic E-state index is -1.55. The van der Waals surface area contributed by atoms with E-state index in [0.717, 1.165) is 0 Å². The molecule has 0 aliphatic carbocycles. The van der Waals surface area contributed by atoms with Gasteiger partial charge in [0, 0.05) is 18.1 Å². The average Bonchev–Trinajstić information content (AvgIpc) is 3.17. The molecule has 10 nitrogen and oxygen atoms in total. The lowest BCUT2D eigenvalue weighted by molar-refractivity contribution is -0.192. The molecular formula is C15H19N5O5S3. The number of aromatic nitrogens is 3. The summed E-state index contributed by atoms with van der Waals surface area (Å²) in [6, 6.07) is 0. The number of methoxy groups -OCH3 is 1. The number of carbonyl (C=O) groups excluding carboxylic acids is 2. The number of hydrogen-bond donors (Lipinski definition) is 3. The van der Waals surface area contributed by atoms with E-state index in [2.05, 4.69) is 20.7 Å². The van der Waals surface area contributed by atoms with Gasteiger partial charge < -0.3 is 15.2 Å². The van der Waals surface area contributed by atoms with Crippen molar-refractivity contribution in [2.45, 2.75) is 28.3 Å². The predicted molar refractivity (Wildman–Crippen MR) is 106 cm³/mol. The van der Waals surface area contributed by atoms with Gasteiger partial charge in [0.1, 0.15) is 16.1 Å². The third-order valence-corrected chi connectivity index (χ3v) is 7.35. The number of H-pyrrole nitrogens is 1. The fourth-order valence-electron chi connectivity index (χ4n) is 3.09. The molecule has 3 rings (SSSR count). The largest absolute Gasteiger partial charge is 0.477 e. The molecule has 152 valence electrons. The Kier molecular flexibility index (Phi) is 6.27. The predicted octanol–water partition coefficient (Wildman–Crippen LogP) is 0.361. The molecule has 2 amide bonds. The van der Waals surface area contributed by atoms with E-state index in [1.807, 2.05) is 6.92 Å². The van der Waals surface area contributed by atoms with Gasteiger partial charge in [-0.2, -0.15) is 11.8 Å². The zero-order chi connectivity index (χ0) is 20.5. The van der Waals surface area contributed by atoms with Gasteiger partial charge >= 0.3 is 5.97 Å². The number of ether oxygens (including phenoxy) is 1. The molecule has 1 saturated heterocycles. The fraction of sp³-hybridized carbons (Fsp3) is 0.533. The van der Waals surface area contributed by atoms with Crippen LogP contribution in [-0.4, -0.2) is 84.4 Å². The number of β-lactam (4-membered cyclic amide) rings is 1. The van der Waals surface area contributed by atoms with Crippen molar-refractivity contribution in [2.75, 3.05) is 24.9 Å². The summed E-state index contributed by atoms with van der Waals surface area (Å²) < 4.78 is 5.39. The highest BCUT2D eigenvalue weighted by molar-refractivity contribution is 8.01. The fourth-order valence-corrected chi connectivity index (χ4v) is 6.02. The summed E-state index contributed by atoms with van der Waals surface area (Å²) in [5.41, 5.74) is -0.997. The van der Waals surface area contributed by atoms with Gasteiger partial charge in [-0.15, -0.1) is 16.9 Å². The van der Waals surface area contributed by atoms with Crippen LogP contribution < -0.4 is 5.32 Å². The SMILES string of the molecule is CO[C@@]1(NC(=O)CSC)C(=O)N2C(C(=O)O)=C(C(C)Sc3cnn[nH]3)CS[C@H]21. The first kappa shape index (κ1) is 21.0. The summed E-state index contributed by atoms with van der Waals surface area (Å²) in [5.74, 6) is -1.56. The number of aliphatic carboxylic acids is 1. The number of carboxylic acids is 1. The molecule has 0 radical (unpaired) electrons. The first-order valence-electron chi connectivity index (χ1n) is 8.15. The average molecular weight is 446 g/mol. The minimum absolute atomic E-state index is 0.0620. The number of hydrogen-bond acceptors (Lipinski definition) is 9. The Labute approximate surface area is 173 Å². The highest BCUT2D eigenvalue weighted by Crippen LogP contribution is 2.48. The van der Waals surface area contributed by atoms with Gasteiger partial charge in [0.2, 0.25) is 5.91 Å². The van der Waals surface area contributed by atoms with Crippen molar-refractivity contribution in [1.82, 2.24) is 25.6 Å². The molecule has 1 fully saturated rings. The topological polar surface area (TPSA) is 138 Å². The lowest BCUT2D eigenvalue weighted by Gasteiger charge is -2.56. The van der Waals surface area contributed by atoms with Crippen LogP contribution in [0.1, 0.15) is 6.92 Å². The van der Waals surface area contributed by atoms with E-state index in [9.17, 15) is 19.5 Å². The lowest BCUT2D eigenvalue weighted by atomic mass is 9.97. The number of carbonyl (C=O) groups is 3. The summed E-state index contributed by atoms with van der Waals surface area (Å²) >= 11 is 4.05. The molecular weight excluding hydrogens is 426 g/mol. The first-order valence-corrected chi connectivity index (χ1v) is 11.5. The molecule has 13 heteroatoms. The molecule has 2 aliphatic heterocycles. The standard InChI is InChI=1S/C15H19N5O5S3/c1-7(28-10-4-16-19-18-10)8-5-27-14-15(25-2,17-9(21)6-26-3)13(24)20(14)11(8)12(22)23/h4,7,14H,5-6H2,1-3H3,(H,17,21)(H,22,23)(H,16,18,19)/t7?,14-,15-/m0/s1. The van der Waals surface area contributed by atoms with Gasteiger partial charge in [-0.05, 0) is 18.8 Å². The second kappa shape index (κ2) is 8.35. The van der Waals surface area contributed by atoms with E-state index in [-0.39, 0.29) is 22.6 Å². The van der Waals surface area contributed by atoms with E-state index in [4.69, 9.17) is 4.74 Å². The van der Waals surface area contributed by atoms with E-state index in [0.29, 0.717) is 16.4 Å². The first-order chi connectivity index (χ1) is 13.4. The number of amides is 2. The summed E-state index contributed by atoms with van der Waals surface area (Å²) in [7, 11) is 1.33. The number of thioether (sulfide) groups is 3. The van der Waals surface area contributed by atoms with Crippen LogP contribution >= 0.6 is 35.3 Å². The maximum Gasteiger partial charge on any atom is 0.352 e. The zero-order valence-corrected chi connectivity index (χ0v) is 17.7. The summed E-state index contributed by atoms with van der Waals surface area (Å²) in [4.78, 5) is 38.2. The highest BCUT2D eigenvalue weighted by Gasteiger charge is 2.66. The molecule has 1 aromatic rings. The van der Waals surface area contributed by atoms with Crippen molar-refractivity contribution < 1.29 is 24.2 Å². The van der Waals surface area contributed by atoms with Gasteiger partial charge in [-0.25, -0.2) is 4.79 Å². The monoisotopic (exact) mass is 445 g/mol. The van der Waals surface area contributed by atoms with Gasteiger partial charge in [0.05, 0.1) is 11.9 Å². The van der Waals surface area contributed by atoms with Crippen molar-refractivity contribution >= 4 is 53.1 Å². The highest BCUT2D eigenvalue weighted by atomic mass is 32.2. The van der Waals surface area contributed by atoms with Gasteiger partial charge in [-0.1, -0.05) is 17.0 Å². The number of nitrogens with one attached hydrogen (secondary N) is 2. The Hall–Kier alpha value is -1.70. The molecule has 2 aliphatic rings. The van der Waals surface area contributed by atoms with Crippen molar-refractivity contribution in [3.63, 3.8) is 0 Å². The maximum atomic E-state index is 12.9. The maximum absolute atomic E-state index is 12.9. The third-order valence-electron chi connectivity index (χ3n) is 4.37. The van der Waals surface area contributed by atoms with Crippen molar-refractivity contribution in [3.05, 3.63) is 17.5 Å². The molecule has 3 N–H and O–H groups in total. The Morgan fingerprint density at radius 1 is 1.61 bits per heavy atom. The van der Waals surface area contributed by atoms with Gasteiger partial charge in [0.15, 0.2) is 0 Å². The van der Waals surface area contributed by atoms with Crippen LogP contribution in [0.25, 0.3) is 0 Å². The Morgan fingerprint density at radius 2 is 2.36 bits per heavy atom. The van der Waals surface area contributed by atoms with Crippen LogP contribution in [-0.2, 0) is 19.1 Å². The molecule has 0 spiro atoms. The number of rotatable bonds is 8. The number of nitrogens with zero attached hydrogens (tertiary/aromatic N) is 3. The second-order valence-corrected chi connectivity index (χ2v) is 9.34. The lowest BCUT2D eigenvalue weighted by Crippen LogP contribution is -2.80. The van der Waals surface area contributed by atoms with Crippen LogP contribution in [0.4, 0.5) is 0 Å². The molecule has 0 saturated carbocycles. The van der Waals surface area contributed by atoms with Crippen LogP contribution in [0.3, 0.4) is 0 Å². The molecule has 3 heterocycles. The van der Waals surface area contributed by atoms with E-state index >= 15 is 0 Å². The molecule has 0 aromatic carbocycles. The molecule has 28 heavy (non-hydrogen) atoms. The number of fused-ring (bicyclic) bond motifs is 1. The second-order valence-electron chi connectivity index (χ2n) is 6.02. The normalized spacial score (nSPS) is 25.2. The van der Waals surface area contributed by atoms with E-state index < -0.39 is 23.0 Å². The van der Waals surface area contributed by atoms with E-state index in [1.54, 1.807) is 12.5 Å². The molecule has 1 aromatic heterocycles. The number of carboxylic acid groups (broad SMARTS) is 1. The molecule has 1 unspecified atom stereocenters. The van der Waals surface area contributed by atoms with Gasteiger partial charge in [0.25, 0.3) is 11.6 Å². The quantitative estimate of drug-likeness (QED) is 0.292. The Bertz CT molecular complexity index is 817. The van der Waals surface area contributed by atoms with Crippen molar-refractivity contribution in [1.29, 1.82) is 0 Å². The molecule has 3 atom stereocenters. The van der Waals surface area contributed by atoms with Crippen LogP contribution in [0.15, 0.2) is 22.5 Å². The smallest absolute Gasteiger partial charge is 0.352 e. The Balaban J connectivity index is 1.88. The van der Waals surface area contributed by atoms with Gasteiger partial charge in [-0.3, -0.25) is 19.6 Å². The summed E-state index contributed by atoms with van der Waals surface area (Å²) in [6.45, 7) is 1.86. The van der Waals surface area contributed by atoms with Crippen molar-refractivity contribution in [3.8, 4) is 0 Å². The third kappa shape index (κ3) is 3.51.